The predicted octanol–water partition coefficient (Wildman–Crippen LogP) is -1.80. The molecule has 1 rings (SSSR count). The van der Waals surface area contributed by atoms with Crippen LogP contribution >= 0.6 is 0 Å². The maximum Gasteiger partial charge on any atom is 1.00 e. The van der Waals surface area contributed by atoms with Crippen molar-refractivity contribution in [3.8, 4) is 0 Å². The molecule has 6 heteroatoms. The van der Waals surface area contributed by atoms with Gasteiger partial charge in [-0.15, -0.1) is 0 Å². The number of carbonyl (C=O) groups is 2. The first-order chi connectivity index (χ1) is 9.13. The molecule has 0 saturated heterocycles. The maximum atomic E-state index is 10.9. The number of nitrogens with one attached hydrogen (secondary N) is 1. The molecule has 1 N–H and O–H groups in total. The van der Waals surface area contributed by atoms with Crippen LogP contribution in [0.25, 0.3) is 0 Å². The van der Waals surface area contributed by atoms with Gasteiger partial charge in [-0.25, -0.2) is 0 Å². The number of esters is 1. The van der Waals surface area contributed by atoms with Crippen LogP contribution in [0.15, 0.2) is 24.3 Å². The van der Waals surface area contributed by atoms with Crippen molar-refractivity contribution in [2.45, 2.75) is 25.7 Å². The SMILES string of the molecule is COC(=O)CCCCCNc1ccc(C(=O)[O-])cc1.[Na+]. The van der Waals surface area contributed by atoms with Gasteiger partial charge in [0, 0.05) is 18.7 Å². The van der Waals surface area contributed by atoms with Gasteiger partial charge in [-0.2, -0.15) is 0 Å². The van der Waals surface area contributed by atoms with E-state index in [0.717, 1.165) is 31.5 Å². The van der Waals surface area contributed by atoms with Crippen molar-refractivity contribution in [2.24, 2.45) is 0 Å². The molecule has 0 amide bonds. The van der Waals surface area contributed by atoms with Crippen molar-refractivity contribution in [1.29, 1.82) is 0 Å². The molecule has 0 spiro atoms. The van der Waals surface area contributed by atoms with Crippen LogP contribution in [0.1, 0.15) is 36.0 Å². The molecule has 0 fully saturated rings. The molecule has 0 aliphatic carbocycles. The molecule has 5 nitrogen and oxygen atoms in total. The first-order valence-corrected chi connectivity index (χ1v) is 6.25. The van der Waals surface area contributed by atoms with Gasteiger partial charge in [0.2, 0.25) is 0 Å². The topological polar surface area (TPSA) is 78.5 Å². The van der Waals surface area contributed by atoms with E-state index in [1.807, 2.05) is 0 Å². The van der Waals surface area contributed by atoms with E-state index in [2.05, 4.69) is 10.1 Å². The summed E-state index contributed by atoms with van der Waals surface area (Å²) in [6.45, 7) is 0.784. The van der Waals surface area contributed by atoms with Crippen LogP contribution in [0.3, 0.4) is 0 Å². The van der Waals surface area contributed by atoms with Gasteiger partial charge in [-0.1, -0.05) is 18.6 Å². The molecule has 0 bridgehead atoms. The number of anilines is 1. The zero-order valence-electron chi connectivity index (χ0n) is 12.0. The molecular formula is C14H18NNaO4. The van der Waals surface area contributed by atoms with Crippen molar-refractivity contribution in [2.75, 3.05) is 19.0 Å². The van der Waals surface area contributed by atoms with E-state index in [1.54, 1.807) is 12.1 Å². The second-order valence-corrected chi connectivity index (χ2v) is 4.18. The first-order valence-electron chi connectivity index (χ1n) is 6.25. The normalized spacial score (nSPS) is 9.45. The van der Waals surface area contributed by atoms with Gasteiger partial charge in [0.25, 0.3) is 0 Å². The third-order valence-corrected chi connectivity index (χ3v) is 2.74. The van der Waals surface area contributed by atoms with Crippen molar-refractivity contribution in [3.05, 3.63) is 29.8 Å². The van der Waals surface area contributed by atoms with Gasteiger partial charge in [0.15, 0.2) is 0 Å². The Balaban J connectivity index is 0.00000361. The molecule has 0 unspecified atom stereocenters. The van der Waals surface area contributed by atoms with Gasteiger partial charge in [-0.05, 0) is 30.5 Å². The number of carboxylic acids is 1. The zero-order valence-corrected chi connectivity index (χ0v) is 14.0. The molecule has 1 aromatic rings. The monoisotopic (exact) mass is 287 g/mol. The fraction of sp³-hybridized carbons (Fsp3) is 0.429. The Morgan fingerprint density at radius 1 is 1.15 bits per heavy atom. The number of benzene rings is 1. The summed E-state index contributed by atoms with van der Waals surface area (Å²) in [4.78, 5) is 21.4. The van der Waals surface area contributed by atoms with Crippen LogP contribution in [0.5, 0.6) is 0 Å². The van der Waals surface area contributed by atoms with Gasteiger partial charge < -0.3 is 20.0 Å². The summed E-state index contributed by atoms with van der Waals surface area (Å²) < 4.78 is 4.55. The van der Waals surface area contributed by atoms with Crippen molar-refractivity contribution >= 4 is 17.6 Å². The zero-order chi connectivity index (χ0) is 14.1. The fourth-order valence-corrected chi connectivity index (χ4v) is 1.63. The number of hydrogen-bond donors (Lipinski definition) is 1. The number of carboxylic acid groups (broad SMARTS) is 1. The minimum absolute atomic E-state index is 0. The number of methoxy groups -OCH3 is 1. The number of aromatic carboxylic acids is 1. The summed E-state index contributed by atoms with van der Waals surface area (Å²) in [5.74, 6) is -1.35. The Labute approximate surface area is 141 Å². The smallest absolute Gasteiger partial charge is 0.545 e. The maximum absolute atomic E-state index is 10.9. The minimum atomic E-state index is -1.17. The second-order valence-electron chi connectivity index (χ2n) is 4.18. The molecule has 0 aromatic heterocycles. The van der Waals surface area contributed by atoms with Crippen LogP contribution in [0.2, 0.25) is 0 Å². The fourth-order valence-electron chi connectivity index (χ4n) is 1.63. The largest absolute Gasteiger partial charge is 1.00 e. The predicted molar refractivity (Wildman–Crippen MR) is 69.7 cm³/mol. The van der Waals surface area contributed by atoms with Gasteiger partial charge in [0.1, 0.15) is 0 Å². The van der Waals surface area contributed by atoms with Crippen LogP contribution in [-0.4, -0.2) is 25.6 Å². The molecule has 0 aliphatic heterocycles. The summed E-state index contributed by atoms with van der Waals surface area (Å²) in [5.41, 5.74) is 1.04. The van der Waals surface area contributed by atoms with Crippen molar-refractivity contribution < 1.29 is 49.0 Å². The third kappa shape index (κ3) is 7.53. The third-order valence-electron chi connectivity index (χ3n) is 2.74. The number of ether oxygens (including phenoxy) is 1. The van der Waals surface area contributed by atoms with Crippen LogP contribution in [0, 0.1) is 0 Å². The summed E-state index contributed by atoms with van der Waals surface area (Å²) in [5, 5.41) is 13.7. The molecule has 0 radical (unpaired) electrons. The van der Waals surface area contributed by atoms with E-state index in [4.69, 9.17) is 0 Å². The second kappa shape index (κ2) is 10.7. The number of rotatable bonds is 8. The molecular weight excluding hydrogens is 269 g/mol. The number of unbranched alkanes of at least 4 members (excludes halogenated alkanes) is 2. The quantitative estimate of drug-likeness (QED) is 0.347. The van der Waals surface area contributed by atoms with Gasteiger partial charge >= 0.3 is 35.5 Å². The van der Waals surface area contributed by atoms with E-state index >= 15 is 0 Å². The van der Waals surface area contributed by atoms with Crippen LogP contribution in [0.4, 0.5) is 5.69 Å². The number of hydrogen-bond acceptors (Lipinski definition) is 5. The Kier molecular flexibility index (Phi) is 10.2. The molecule has 20 heavy (non-hydrogen) atoms. The molecule has 104 valence electrons. The average Bonchev–Trinajstić information content (AvgIpc) is 2.42. The van der Waals surface area contributed by atoms with Crippen LogP contribution in [-0.2, 0) is 9.53 Å². The molecule has 0 heterocycles. The number of carbonyl (C=O) groups excluding carboxylic acids is 2. The molecule has 1 aromatic carbocycles. The Bertz CT molecular complexity index is 420. The van der Waals surface area contributed by atoms with Gasteiger partial charge in [0.05, 0.1) is 13.1 Å². The van der Waals surface area contributed by atoms with E-state index in [1.165, 1.54) is 19.2 Å². The van der Waals surface area contributed by atoms with Crippen molar-refractivity contribution in [1.82, 2.24) is 0 Å². The summed E-state index contributed by atoms with van der Waals surface area (Å²) >= 11 is 0. The van der Waals surface area contributed by atoms with E-state index in [-0.39, 0.29) is 41.1 Å². The van der Waals surface area contributed by atoms with Crippen molar-refractivity contribution in [3.63, 3.8) is 0 Å². The Hall–Kier alpha value is -1.04. The molecule has 0 atom stereocenters. The molecule has 0 saturated carbocycles. The Morgan fingerprint density at radius 3 is 2.35 bits per heavy atom. The van der Waals surface area contributed by atoms with Gasteiger partial charge in [-0.3, -0.25) is 4.79 Å². The Morgan fingerprint density at radius 2 is 1.80 bits per heavy atom. The first kappa shape index (κ1) is 19.0. The summed E-state index contributed by atoms with van der Waals surface area (Å²) in [6.07, 6.45) is 3.16. The minimum Gasteiger partial charge on any atom is -0.545 e. The standard InChI is InChI=1S/C14H19NO4.Na/c1-19-13(16)5-3-2-4-10-15-12-8-6-11(7-9-12)14(17)18;/h6-9,15H,2-5,10H2,1H3,(H,17,18);/q;+1/p-1. The van der Waals surface area contributed by atoms with Crippen LogP contribution < -0.4 is 40.0 Å². The average molecular weight is 287 g/mol. The van der Waals surface area contributed by atoms with E-state index < -0.39 is 5.97 Å². The van der Waals surface area contributed by atoms with E-state index in [9.17, 15) is 14.7 Å². The molecule has 0 aliphatic rings. The summed E-state index contributed by atoms with van der Waals surface area (Å²) in [7, 11) is 1.39. The summed E-state index contributed by atoms with van der Waals surface area (Å²) in [6, 6.07) is 6.43. The van der Waals surface area contributed by atoms with E-state index in [0.29, 0.717) is 6.42 Å².